The molecular weight excluding hydrogens is 388 g/mol. The standard InChI is InChI=1S/C21H24N4O3S/c1-27-18-6-4-15(5-7-18)8-10-22-21(26)25-11-2-3-16(13-25)19-23-24-20(28-19)17-9-12-29-14-17/h4-7,9,12,14,16H,2-3,8,10-11,13H2,1H3,(H,22,26)/t16-/m0/s1. The highest BCUT2D eigenvalue weighted by molar-refractivity contribution is 7.08. The molecule has 0 radical (unpaired) electrons. The van der Waals surface area contributed by atoms with Crippen LogP contribution in [0.2, 0.25) is 0 Å². The van der Waals surface area contributed by atoms with Gasteiger partial charge in [0.15, 0.2) is 0 Å². The Bertz CT molecular complexity index is 924. The second-order valence-electron chi connectivity index (χ2n) is 7.07. The maximum atomic E-state index is 12.6. The van der Waals surface area contributed by atoms with Gasteiger partial charge in [-0.25, -0.2) is 4.79 Å². The predicted octanol–water partition coefficient (Wildman–Crippen LogP) is 3.94. The van der Waals surface area contributed by atoms with E-state index in [0.29, 0.717) is 24.9 Å². The maximum Gasteiger partial charge on any atom is 0.317 e. The fraction of sp³-hybridized carbons (Fsp3) is 0.381. The molecule has 2 aromatic heterocycles. The molecule has 1 aliphatic heterocycles. The third-order valence-electron chi connectivity index (χ3n) is 5.12. The van der Waals surface area contributed by atoms with Gasteiger partial charge in [-0.2, -0.15) is 11.3 Å². The SMILES string of the molecule is COc1ccc(CCNC(=O)N2CCC[C@H](c3nnc(-c4ccsc4)o3)C2)cc1. The number of urea groups is 1. The first-order valence-electron chi connectivity index (χ1n) is 9.74. The molecule has 1 atom stereocenters. The van der Waals surface area contributed by atoms with Gasteiger partial charge in [-0.15, -0.1) is 10.2 Å². The number of thiophene rings is 1. The molecule has 1 saturated heterocycles. The molecule has 1 aliphatic rings. The van der Waals surface area contributed by atoms with Crippen molar-refractivity contribution in [2.45, 2.75) is 25.2 Å². The lowest BCUT2D eigenvalue weighted by Gasteiger charge is -2.31. The lowest BCUT2D eigenvalue weighted by Crippen LogP contribution is -2.45. The Hall–Kier alpha value is -2.87. The van der Waals surface area contributed by atoms with Crippen molar-refractivity contribution in [1.29, 1.82) is 0 Å². The number of methoxy groups -OCH3 is 1. The van der Waals surface area contributed by atoms with Gasteiger partial charge in [0.1, 0.15) is 5.75 Å². The minimum atomic E-state index is -0.0409. The van der Waals surface area contributed by atoms with Crippen LogP contribution in [0.1, 0.15) is 30.2 Å². The Morgan fingerprint density at radius 3 is 2.93 bits per heavy atom. The van der Waals surface area contributed by atoms with Crippen LogP contribution in [0.25, 0.3) is 11.5 Å². The third-order valence-corrected chi connectivity index (χ3v) is 5.80. The molecule has 2 amide bonds. The van der Waals surface area contributed by atoms with E-state index in [0.717, 1.165) is 42.7 Å². The molecule has 1 N–H and O–H groups in total. The number of piperidine rings is 1. The van der Waals surface area contributed by atoms with Crippen molar-refractivity contribution in [1.82, 2.24) is 20.4 Å². The van der Waals surface area contributed by atoms with Gasteiger partial charge in [0.2, 0.25) is 11.8 Å². The molecule has 1 aromatic carbocycles. The van der Waals surface area contributed by atoms with Gasteiger partial charge in [-0.3, -0.25) is 0 Å². The molecule has 3 heterocycles. The molecule has 0 aliphatic carbocycles. The fourth-order valence-corrected chi connectivity index (χ4v) is 4.11. The number of nitrogens with zero attached hydrogens (tertiary/aromatic N) is 3. The summed E-state index contributed by atoms with van der Waals surface area (Å²) in [6.07, 6.45) is 2.65. The molecule has 0 spiro atoms. The van der Waals surface area contributed by atoms with E-state index in [1.807, 2.05) is 46.0 Å². The zero-order chi connectivity index (χ0) is 20.1. The minimum Gasteiger partial charge on any atom is -0.497 e. The summed E-state index contributed by atoms with van der Waals surface area (Å²) in [6, 6.07) is 9.82. The first kappa shape index (κ1) is 19.4. The van der Waals surface area contributed by atoms with Crippen LogP contribution in [-0.2, 0) is 6.42 Å². The van der Waals surface area contributed by atoms with E-state index in [1.54, 1.807) is 18.4 Å². The molecule has 0 saturated carbocycles. The summed E-state index contributed by atoms with van der Waals surface area (Å²) in [6.45, 7) is 1.94. The summed E-state index contributed by atoms with van der Waals surface area (Å²) in [7, 11) is 1.65. The molecule has 3 aromatic rings. The highest BCUT2D eigenvalue weighted by atomic mass is 32.1. The van der Waals surface area contributed by atoms with E-state index in [2.05, 4.69) is 15.5 Å². The number of rotatable bonds is 6. The lowest BCUT2D eigenvalue weighted by atomic mass is 9.98. The van der Waals surface area contributed by atoms with Crippen LogP contribution in [0, 0.1) is 0 Å². The molecule has 7 nitrogen and oxygen atoms in total. The van der Waals surface area contributed by atoms with Crippen molar-refractivity contribution in [3.63, 3.8) is 0 Å². The monoisotopic (exact) mass is 412 g/mol. The maximum absolute atomic E-state index is 12.6. The van der Waals surface area contributed by atoms with Gasteiger partial charge >= 0.3 is 6.03 Å². The molecule has 4 rings (SSSR count). The summed E-state index contributed by atoms with van der Waals surface area (Å²) in [4.78, 5) is 14.4. The van der Waals surface area contributed by atoms with Gasteiger partial charge in [0.25, 0.3) is 0 Å². The van der Waals surface area contributed by atoms with E-state index in [4.69, 9.17) is 9.15 Å². The average Bonchev–Trinajstić information content (AvgIpc) is 3.46. The van der Waals surface area contributed by atoms with E-state index in [9.17, 15) is 4.79 Å². The smallest absolute Gasteiger partial charge is 0.317 e. The molecule has 152 valence electrons. The number of likely N-dealkylation sites (tertiary alicyclic amines) is 1. The molecule has 0 unspecified atom stereocenters. The van der Waals surface area contributed by atoms with Crippen molar-refractivity contribution < 1.29 is 13.9 Å². The molecular formula is C21H24N4O3S. The summed E-state index contributed by atoms with van der Waals surface area (Å²) >= 11 is 1.60. The normalized spacial score (nSPS) is 16.6. The highest BCUT2D eigenvalue weighted by Gasteiger charge is 2.28. The summed E-state index contributed by atoms with van der Waals surface area (Å²) in [5.74, 6) is 2.07. The van der Waals surface area contributed by atoms with Crippen LogP contribution in [0.15, 0.2) is 45.5 Å². The Labute approximate surface area is 173 Å². The Balaban J connectivity index is 1.29. The molecule has 0 bridgehead atoms. The van der Waals surface area contributed by atoms with E-state index in [-0.39, 0.29) is 11.9 Å². The third kappa shape index (κ3) is 4.76. The first-order chi connectivity index (χ1) is 14.2. The largest absolute Gasteiger partial charge is 0.497 e. The van der Waals surface area contributed by atoms with Crippen LogP contribution < -0.4 is 10.1 Å². The summed E-state index contributed by atoms with van der Waals surface area (Å²) in [5, 5.41) is 15.4. The molecule has 29 heavy (non-hydrogen) atoms. The van der Waals surface area contributed by atoms with E-state index >= 15 is 0 Å². The van der Waals surface area contributed by atoms with Crippen molar-refractivity contribution in [2.24, 2.45) is 0 Å². The second-order valence-corrected chi connectivity index (χ2v) is 7.85. The van der Waals surface area contributed by atoms with Crippen LogP contribution in [0.4, 0.5) is 4.79 Å². The van der Waals surface area contributed by atoms with Gasteiger partial charge in [0.05, 0.1) is 13.0 Å². The summed E-state index contributed by atoms with van der Waals surface area (Å²) in [5.41, 5.74) is 2.10. The number of ether oxygens (including phenoxy) is 1. The van der Waals surface area contributed by atoms with Crippen molar-refractivity contribution in [2.75, 3.05) is 26.7 Å². The van der Waals surface area contributed by atoms with Crippen molar-refractivity contribution in [3.05, 3.63) is 52.5 Å². The van der Waals surface area contributed by atoms with Gasteiger partial charge in [-0.05, 0) is 48.4 Å². The van der Waals surface area contributed by atoms with Crippen LogP contribution in [0.5, 0.6) is 5.75 Å². The number of hydrogen-bond acceptors (Lipinski definition) is 6. The quantitative estimate of drug-likeness (QED) is 0.663. The zero-order valence-electron chi connectivity index (χ0n) is 16.3. The van der Waals surface area contributed by atoms with Crippen molar-refractivity contribution >= 4 is 17.4 Å². The zero-order valence-corrected chi connectivity index (χ0v) is 17.2. The van der Waals surface area contributed by atoms with E-state index in [1.165, 1.54) is 0 Å². The predicted molar refractivity (Wildman–Crippen MR) is 111 cm³/mol. The Morgan fingerprint density at radius 1 is 1.31 bits per heavy atom. The van der Waals surface area contributed by atoms with Crippen LogP contribution >= 0.6 is 11.3 Å². The van der Waals surface area contributed by atoms with Gasteiger partial charge in [-0.1, -0.05) is 12.1 Å². The number of nitrogens with one attached hydrogen (secondary N) is 1. The minimum absolute atomic E-state index is 0.0409. The van der Waals surface area contributed by atoms with E-state index < -0.39 is 0 Å². The number of carbonyl (C=O) groups is 1. The Kier molecular flexibility index (Phi) is 6.09. The second kappa shape index (κ2) is 9.09. The van der Waals surface area contributed by atoms with Gasteiger partial charge < -0.3 is 19.4 Å². The molecule has 8 heteroatoms. The lowest BCUT2D eigenvalue weighted by molar-refractivity contribution is 0.174. The number of hydrogen-bond donors (Lipinski definition) is 1. The Morgan fingerprint density at radius 2 is 2.17 bits per heavy atom. The van der Waals surface area contributed by atoms with Crippen LogP contribution in [-0.4, -0.2) is 47.9 Å². The summed E-state index contributed by atoms with van der Waals surface area (Å²) < 4.78 is 11.0. The number of benzene rings is 1. The number of amides is 2. The number of carbonyl (C=O) groups excluding carboxylic acids is 1. The highest BCUT2D eigenvalue weighted by Crippen LogP contribution is 2.29. The van der Waals surface area contributed by atoms with Crippen LogP contribution in [0.3, 0.4) is 0 Å². The molecule has 1 fully saturated rings. The average molecular weight is 413 g/mol. The first-order valence-corrected chi connectivity index (χ1v) is 10.7. The number of aromatic nitrogens is 2. The van der Waals surface area contributed by atoms with Crippen molar-refractivity contribution in [3.8, 4) is 17.2 Å². The topological polar surface area (TPSA) is 80.5 Å². The van der Waals surface area contributed by atoms with Gasteiger partial charge in [0, 0.05) is 30.6 Å². The fourth-order valence-electron chi connectivity index (χ4n) is 3.48.